The molecule has 0 aromatic rings. The molecule has 0 saturated heterocycles. The van der Waals surface area contributed by atoms with E-state index in [9.17, 15) is 0 Å². The number of alkyl halides is 1. The number of halogens is 1. The maximum absolute atomic E-state index is 6.07. The van der Waals surface area contributed by atoms with Gasteiger partial charge in [-0.2, -0.15) is 0 Å². The molecule has 0 spiro atoms. The fourth-order valence-corrected chi connectivity index (χ4v) is 2.63. The Balaban J connectivity index is 2.28. The lowest BCUT2D eigenvalue weighted by Crippen LogP contribution is -2.32. The van der Waals surface area contributed by atoms with Gasteiger partial charge in [0.15, 0.2) is 0 Å². The highest BCUT2D eigenvalue weighted by Gasteiger charge is 2.33. The molecule has 1 aliphatic carbocycles. The highest BCUT2D eigenvalue weighted by molar-refractivity contribution is 9.09. The fourth-order valence-electron chi connectivity index (χ4n) is 1.91. The van der Waals surface area contributed by atoms with Gasteiger partial charge in [-0.25, -0.2) is 0 Å². The largest absolute Gasteiger partial charge is 0.374 e. The maximum Gasteiger partial charge on any atom is 0.0778 e. The summed E-state index contributed by atoms with van der Waals surface area (Å²) in [6.07, 6.45) is 6.30. The first-order valence-corrected chi connectivity index (χ1v) is 6.80. The SMILES string of the molecule is CC(C)(C)CCOC1(CBr)CCCC1. The van der Waals surface area contributed by atoms with Crippen molar-refractivity contribution in [3.63, 3.8) is 0 Å². The van der Waals surface area contributed by atoms with E-state index < -0.39 is 0 Å². The summed E-state index contributed by atoms with van der Waals surface area (Å²) in [6.45, 7) is 7.72. The Hall–Kier alpha value is 0.440. The third-order valence-corrected chi connectivity index (χ3v) is 4.04. The Morgan fingerprint density at radius 3 is 2.21 bits per heavy atom. The van der Waals surface area contributed by atoms with E-state index in [-0.39, 0.29) is 5.60 Å². The van der Waals surface area contributed by atoms with E-state index in [0.717, 1.165) is 18.4 Å². The van der Waals surface area contributed by atoms with E-state index >= 15 is 0 Å². The molecule has 0 amide bonds. The van der Waals surface area contributed by atoms with Gasteiger partial charge in [0, 0.05) is 11.9 Å². The van der Waals surface area contributed by atoms with E-state index in [0.29, 0.717) is 5.41 Å². The zero-order valence-electron chi connectivity index (χ0n) is 9.74. The molecule has 1 fully saturated rings. The van der Waals surface area contributed by atoms with Crippen molar-refractivity contribution in [2.24, 2.45) is 5.41 Å². The molecule has 1 rings (SSSR count). The fraction of sp³-hybridized carbons (Fsp3) is 1.00. The van der Waals surface area contributed by atoms with Gasteiger partial charge in [-0.3, -0.25) is 0 Å². The summed E-state index contributed by atoms with van der Waals surface area (Å²) in [7, 11) is 0. The van der Waals surface area contributed by atoms with Crippen LogP contribution in [0.15, 0.2) is 0 Å². The molecule has 2 heteroatoms. The van der Waals surface area contributed by atoms with Crippen LogP contribution in [0, 0.1) is 5.41 Å². The first kappa shape index (κ1) is 12.5. The number of hydrogen-bond acceptors (Lipinski definition) is 1. The van der Waals surface area contributed by atoms with Crippen molar-refractivity contribution in [2.75, 3.05) is 11.9 Å². The smallest absolute Gasteiger partial charge is 0.0778 e. The van der Waals surface area contributed by atoms with E-state index in [4.69, 9.17) is 4.74 Å². The zero-order chi connectivity index (χ0) is 10.7. The molecule has 0 radical (unpaired) electrons. The van der Waals surface area contributed by atoms with Crippen LogP contribution in [0.1, 0.15) is 52.9 Å². The Bertz CT molecular complexity index is 166. The van der Waals surface area contributed by atoms with Crippen LogP contribution in [-0.4, -0.2) is 17.5 Å². The summed E-state index contributed by atoms with van der Waals surface area (Å²) in [5.41, 5.74) is 0.567. The first-order valence-electron chi connectivity index (χ1n) is 5.67. The minimum absolute atomic E-state index is 0.172. The van der Waals surface area contributed by atoms with Gasteiger partial charge in [-0.05, 0) is 24.7 Å². The summed E-state index contributed by atoms with van der Waals surface area (Å²) < 4.78 is 6.07. The summed E-state index contributed by atoms with van der Waals surface area (Å²) in [5, 5.41) is 1.00. The second-order valence-electron chi connectivity index (χ2n) is 5.68. The maximum atomic E-state index is 6.07. The van der Waals surface area contributed by atoms with Crippen LogP contribution in [0.25, 0.3) is 0 Å². The van der Waals surface area contributed by atoms with Crippen molar-refractivity contribution >= 4 is 15.9 Å². The van der Waals surface area contributed by atoms with Gasteiger partial charge in [0.05, 0.1) is 5.60 Å². The Morgan fingerprint density at radius 2 is 1.79 bits per heavy atom. The normalized spacial score (nSPS) is 21.4. The average Bonchev–Trinajstić information content (AvgIpc) is 2.52. The second-order valence-corrected chi connectivity index (χ2v) is 6.24. The van der Waals surface area contributed by atoms with Crippen molar-refractivity contribution in [1.82, 2.24) is 0 Å². The van der Waals surface area contributed by atoms with Crippen LogP contribution in [0.4, 0.5) is 0 Å². The summed E-state index contributed by atoms with van der Waals surface area (Å²) in [6, 6.07) is 0. The predicted octanol–water partition coefficient (Wildman–Crippen LogP) is 4.15. The summed E-state index contributed by atoms with van der Waals surface area (Å²) in [5.74, 6) is 0. The zero-order valence-corrected chi connectivity index (χ0v) is 11.3. The van der Waals surface area contributed by atoms with Crippen LogP contribution in [0.5, 0.6) is 0 Å². The molecule has 14 heavy (non-hydrogen) atoms. The topological polar surface area (TPSA) is 9.23 Å². The van der Waals surface area contributed by atoms with Crippen molar-refractivity contribution < 1.29 is 4.74 Å². The predicted molar refractivity (Wildman–Crippen MR) is 65.0 cm³/mol. The molecule has 1 nitrogen and oxygen atoms in total. The Kier molecular flexibility index (Phi) is 4.45. The van der Waals surface area contributed by atoms with Crippen LogP contribution in [0.3, 0.4) is 0 Å². The summed E-state index contributed by atoms with van der Waals surface area (Å²) in [4.78, 5) is 0. The van der Waals surface area contributed by atoms with Crippen molar-refractivity contribution in [1.29, 1.82) is 0 Å². The molecule has 0 bridgehead atoms. The van der Waals surface area contributed by atoms with E-state index in [2.05, 4.69) is 36.7 Å². The molecule has 0 atom stereocenters. The van der Waals surface area contributed by atoms with E-state index in [1.165, 1.54) is 25.7 Å². The summed E-state index contributed by atoms with van der Waals surface area (Å²) >= 11 is 3.59. The molecule has 0 unspecified atom stereocenters. The number of hydrogen-bond donors (Lipinski definition) is 0. The van der Waals surface area contributed by atoms with E-state index in [1.54, 1.807) is 0 Å². The van der Waals surface area contributed by atoms with Gasteiger partial charge >= 0.3 is 0 Å². The molecule has 1 aliphatic rings. The van der Waals surface area contributed by atoms with Crippen molar-refractivity contribution in [3.8, 4) is 0 Å². The molecular weight excluding hydrogens is 240 g/mol. The number of rotatable bonds is 4. The monoisotopic (exact) mass is 262 g/mol. The lowest BCUT2D eigenvalue weighted by molar-refractivity contribution is -0.0311. The third kappa shape index (κ3) is 3.90. The quantitative estimate of drug-likeness (QED) is 0.692. The highest BCUT2D eigenvalue weighted by Crippen LogP contribution is 2.35. The van der Waals surface area contributed by atoms with E-state index in [1.807, 2.05) is 0 Å². The van der Waals surface area contributed by atoms with Crippen molar-refractivity contribution in [3.05, 3.63) is 0 Å². The average molecular weight is 263 g/mol. The lowest BCUT2D eigenvalue weighted by atomic mass is 9.93. The van der Waals surface area contributed by atoms with Crippen LogP contribution < -0.4 is 0 Å². The molecule has 0 aliphatic heterocycles. The molecule has 1 saturated carbocycles. The van der Waals surface area contributed by atoms with Gasteiger partial charge < -0.3 is 4.74 Å². The molecule has 0 heterocycles. The molecule has 0 aromatic carbocycles. The first-order chi connectivity index (χ1) is 6.47. The second kappa shape index (κ2) is 4.98. The third-order valence-electron chi connectivity index (χ3n) is 3.02. The minimum Gasteiger partial charge on any atom is -0.374 e. The molecule has 84 valence electrons. The minimum atomic E-state index is 0.172. The number of ether oxygens (including phenoxy) is 1. The van der Waals surface area contributed by atoms with Crippen LogP contribution in [0.2, 0.25) is 0 Å². The van der Waals surface area contributed by atoms with Gasteiger partial charge in [0.2, 0.25) is 0 Å². The Morgan fingerprint density at radius 1 is 1.21 bits per heavy atom. The molecular formula is C12H23BrO. The van der Waals surface area contributed by atoms with Gasteiger partial charge in [-0.15, -0.1) is 0 Å². The van der Waals surface area contributed by atoms with Crippen LogP contribution in [-0.2, 0) is 4.74 Å². The molecule has 0 N–H and O–H groups in total. The van der Waals surface area contributed by atoms with Gasteiger partial charge in [0.25, 0.3) is 0 Å². The lowest BCUT2D eigenvalue weighted by Gasteiger charge is -2.29. The standard InChI is InChI=1S/C12H23BrO/c1-11(2,3)8-9-14-12(10-13)6-4-5-7-12/h4-10H2,1-3H3. The molecule has 0 aromatic heterocycles. The van der Waals surface area contributed by atoms with Gasteiger partial charge in [-0.1, -0.05) is 49.5 Å². The highest BCUT2D eigenvalue weighted by atomic mass is 79.9. The van der Waals surface area contributed by atoms with Crippen LogP contribution >= 0.6 is 15.9 Å². The van der Waals surface area contributed by atoms with Crippen molar-refractivity contribution in [2.45, 2.75) is 58.5 Å². The Labute approximate surface area is 96.7 Å². The van der Waals surface area contributed by atoms with Gasteiger partial charge in [0.1, 0.15) is 0 Å².